The smallest absolute Gasteiger partial charge is 0.228 e. The lowest BCUT2D eigenvalue weighted by atomic mass is 9.59. The average molecular weight is 454 g/mol. The number of β-lactam (4-membered cyclic amide) rings is 1. The Morgan fingerprint density at radius 3 is 1.30 bits per heavy atom. The van der Waals surface area contributed by atoms with Crippen LogP contribution in [0.1, 0.15) is 16.7 Å². The molecule has 2 atom stereocenters. The summed E-state index contributed by atoms with van der Waals surface area (Å²) in [5.74, 6) is -1.13. The van der Waals surface area contributed by atoms with Crippen LogP contribution in [0.3, 0.4) is 0 Å². The fourth-order valence-corrected chi connectivity index (χ4v) is 6.72. The Labute approximate surface area is 193 Å². The van der Waals surface area contributed by atoms with Gasteiger partial charge in [-0.1, -0.05) is 109 Å². The number of benzene rings is 4. The van der Waals surface area contributed by atoms with E-state index in [0.717, 1.165) is 16.7 Å². The van der Waals surface area contributed by atoms with E-state index in [1.54, 1.807) is 30.3 Å². The quantitative estimate of drug-likeness (QED) is 0.344. The summed E-state index contributed by atoms with van der Waals surface area (Å²) in [5.41, 5.74) is 1.63. The lowest BCUT2D eigenvalue weighted by Crippen LogP contribution is -2.68. The molecule has 5 rings (SSSR count). The molecule has 33 heavy (non-hydrogen) atoms. The van der Waals surface area contributed by atoms with Crippen LogP contribution in [-0.2, 0) is 20.0 Å². The van der Waals surface area contributed by atoms with Crippen molar-refractivity contribution in [2.75, 3.05) is 0 Å². The van der Waals surface area contributed by atoms with Crippen molar-refractivity contribution in [2.24, 2.45) is 5.92 Å². The standard InChI is InChI=1S/C28H23NO3S/c30-26-25(27(29-26)33(31,32)24-19-11-4-12-20-24)28(21-13-5-1-6-14-21,22-15-7-2-8-16-22)23-17-9-3-10-18-23/h1-20,25,27H,(H,29,30)/t25-,27-/m1/s1. The predicted molar refractivity (Wildman–Crippen MR) is 128 cm³/mol. The van der Waals surface area contributed by atoms with Gasteiger partial charge in [-0.2, -0.15) is 0 Å². The zero-order valence-corrected chi connectivity index (χ0v) is 18.7. The highest BCUT2D eigenvalue weighted by molar-refractivity contribution is 7.92. The molecule has 0 saturated carbocycles. The van der Waals surface area contributed by atoms with Crippen molar-refractivity contribution in [3.63, 3.8) is 0 Å². The van der Waals surface area contributed by atoms with Gasteiger partial charge in [0.25, 0.3) is 0 Å². The molecule has 0 aromatic heterocycles. The van der Waals surface area contributed by atoms with Crippen LogP contribution in [0.2, 0.25) is 0 Å². The van der Waals surface area contributed by atoms with Crippen LogP contribution in [0, 0.1) is 5.92 Å². The monoisotopic (exact) mass is 453 g/mol. The molecule has 1 saturated heterocycles. The highest BCUT2D eigenvalue weighted by Gasteiger charge is 2.60. The molecule has 0 aliphatic carbocycles. The lowest BCUT2D eigenvalue weighted by molar-refractivity contribution is -0.134. The Morgan fingerprint density at radius 1 is 0.576 bits per heavy atom. The minimum absolute atomic E-state index is 0.197. The van der Waals surface area contributed by atoms with E-state index < -0.39 is 26.5 Å². The average Bonchev–Trinajstić information content (AvgIpc) is 2.87. The molecule has 0 unspecified atom stereocenters. The topological polar surface area (TPSA) is 63.2 Å². The van der Waals surface area contributed by atoms with Gasteiger partial charge >= 0.3 is 0 Å². The summed E-state index contributed by atoms with van der Waals surface area (Å²) in [6.45, 7) is 0. The fourth-order valence-electron chi connectivity index (χ4n) is 4.93. The molecule has 1 fully saturated rings. The van der Waals surface area contributed by atoms with E-state index in [4.69, 9.17) is 0 Å². The summed E-state index contributed by atoms with van der Waals surface area (Å²) in [5, 5.41) is 1.66. The third kappa shape index (κ3) is 3.36. The second-order valence-electron chi connectivity index (χ2n) is 8.17. The molecule has 4 aromatic rings. The molecule has 0 radical (unpaired) electrons. The van der Waals surface area contributed by atoms with Crippen LogP contribution in [-0.4, -0.2) is 19.7 Å². The Bertz CT molecular complexity index is 1260. The molecule has 1 amide bonds. The van der Waals surface area contributed by atoms with Gasteiger partial charge in [0.15, 0.2) is 9.84 Å². The summed E-state index contributed by atoms with van der Waals surface area (Å²) >= 11 is 0. The normalized spacial score (nSPS) is 18.2. The minimum atomic E-state index is -3.82. The van der Waals surface area contributed by atoms with Crippen molar-refractivity contribution in [1.29, 1.82) is 0 Å². The van der Waals surface area contributed by atoms with Crippen LogP contribution in [0.25, 0.3) is 0 Å². The van der Waals surface area contributed by atoms with Gasteiger partial charge in [0.05, 0.1) is 16.2 Å². The van der Waals surface area contributed by atoms with E-state index in [9.17, 15) is 13.2 Å². The molecule has 5 heteroatoms. The molecular formula is C28H23NO3S. The highest BCUT2D eigenvalue weighted by atomic mass is 32.2. The van der Waals surface area contributed by atoms with Crippen LogP contribution in [0.5, 0.6) is 0 Å². The van der Waals surface area contributed by atoms with Crippen molar-refractivity contribution >= 4 is 15.7 Å². The fraction of sp³-hybridized carbons (Fsp3) is 0.107. The maximum Gasteiger partial charge on any atom is 0.228 e. The number of amides is 1. The van der Waals surface area contributed by atoms with Crippen LogP contribution in [0.4, 0.5) is 0 Å². The maximum atomic E-state index is 13.7. The Kier molecular flexibility index (Phi) is 5.35. The third-order valence-corrected chi connectivity index (χ3v) is 8.42. The first-order chi connectivity index (χ1) is 16.1. The van der Waals surface area contributed by atoms with Crippen molar-refractivity contribution in [1.82, 2.24) is 5.32 Å². The van der Waals surface area contributed by atoms with Gasteiger partial charge in [0.1, 0.15) is 5.37 Å². The molecule has 4 aromatic carbocycles. The molecular weight excluding hydrogens is 430 g/mol. The molecule has 4 nitrogen and oxygen atoms in total. The van der Waals surface area contributed by atoms with Crippen LogP contribution >= 0.6 is 0 Å². The number of carbonyl (C=O) groups excluding carboxylic acids is 1. The lowest BCUT2D eigenvalue weighted by Gasteiger charge is -2.50. The number of rotatable bonds is 6. The summed E-state index contributed by atoms with van der Waals surface area (Å²) in [4.78, 5) is 13.5. The summed E-state index contributed by atoms with van der Waals surface area (Å²) in [7, 11) is -3.82. The summed E-state index contributed by atoms with van der Waals surface area (Å²) in [6, 6.07) is 37.4. The SMILES string of the molecule is O=C1N[C@H](S(=O)(=O)c2ccccc2)[C@@H]1C(c1ccccc1)(c1ccccc1)c1ccccc1. The van der Waals surface area contributed by atoms with E-state index in [2.05, 4.69) is 5.32 Å². The van der Waals surface area contributed by atoms with E-state index in [-0.39, 0.29) is 10.8 Å². The first kappa shape index (κ1) is 21.2. The van der Waals surface area contributed by atoms with Crippen molar-refractivity contribution in [2.45, 2.75) is 15.7 Å². The second-order valence-corrected chi connectivity index (χ2v) is 10.2. The highest BCUT2D eigenvalue weighted by Crippen LogP contribution is 2.50. The van der Waals surface area contributed by atoms with Gasteiger partial charge in [-0.15, -0.1) is 0 Å². The Hall–Kier alpha value is -3.70. The molecule has 1 aliphatic rings. The van der Waals surface area contributed by atoms with E-state index in [1.807, 2.05) is 91.0 Å². The first-order valence-corrected chi connectivity index (χ1v) is 12.4. The van der Waals surface area contributed by atoms with Gasteiger partial charge in [-0.3, -0.25) is 4.79 Å². The molecule has 1 N–H and O–H groups in total. The van der Waals surface area contributed by atoms with Crippen molar-refractivity contribution in [3.8, 4) is 0 Å². The van der Waals surface area contributed by atoms with Gasteiger partial charge in [-0.05, 0) is 28.8 Å². The number of carbonyl (C=O) groups is 1. The van der Waals surface area contributed by atoms with E-state index in [0.29, 0.717) is 0 Å². The molecule has 1 aliphatic heterocycles. The molecule has 0 bridgehead atoms. The second kappa shape index (κ2) is 8.34. The predicted octanol–water partition coefficient (Wildman–Crippen LogP) is 4.57. The summed E-state index contributed by atoms with van der Waals surface area (Å²) < 4.78 is 27.4. The van der Waals surface area contributed by atoms with Gasteiger partial charge in [0.2, 0.25) is 5.91 Å². The zero-order chi connectivity index (χ0) is 22.9. The molecule has 164 valence electrons. The van der Waals surface area contributed by atoms with Gasteiger partial charge in [-0.25, -0.2) is 8.42 Å². The third-order valence-electron chi connectivity index (χ3n) is 6.43. The number of hydrogen-bond acceptors (Lipinski definition) is 3. The van der Waals surface area contributed by atoms with Crippen LogP contribution < -0.4 is 5.32 Å². The number of nitrogens with one attached hydrogen (secondary N) is 1. The van der Waals surface area contributed by atoms with E-state index in [1.165, 1.54) is 0 Å². The van der Waals surface area contributed by atoms with Crippen LogP contribution in [0.15, 0.2) is 126 Å². The Morgan fingerprint density at radius 2 is 0.939 bits per heavy atom. The van der Waals surface area contributed by atoms with Gasteiger partial charge in [0, 0.05) is 0 Å². The van der Waals surface area contributed by atoms with Crippen molar-refractivity contribution < 1.29 is 13.2 Å². The number of sulfone groups is 1. The summed E-state index contributed by atoms with van der Waals surface area (Å²) in [6.07, 6.45) is 0. The Balaban J connectivity index is 1.80. The first-order valence-electron chi connectivity index (χ1n) is 10.8. The minimum Gasteiger partial charge on any atom is -0.338 e. The molecule has 0 spiro atoms. The maximum absolute atomic E-state index is 13.7. The number of hydrogen-bond donors (Lipinski definition) is 1. The largest absolute Gasteiger partial charge is 0.338 e. The van der Waals surface area contributed by atoms with Crippen molar-refractivity contribution in [3.05, 3.63) is 138 Å². The molecule has 1 heterocycles. The zero-order valence-electron chi connectivity index (χ0n) is 17.8. The van der Waals surface area contributed by atoms with Gasteiger partial charge < -0.3 is 5.32 Å². The van der Waals surface area contributed by atoms with E-state index >= 15 is 0 Å².